The lowest BCUT2D eigenvalue weighted by Crippen LogP contribution is -2.40. The van der Waals surface area contributed by atoms with Gasteiger partial charge >= 0.3 is 0 Å². The molecule has 4 nitrogen and oxygen atoms in total. The zero-order chi connectivity index (χ0) is 17.2. The number of hydrogen-bond acceptors (Lipinski definition) is 4. The summed E-state index contributed by atoms with van der Waals surface area (Å²) in [5.74, 6) is -0.530. The summed E-state index contributed by atoms with van der Waals surface area (Å²) in [4.78, 5) is 19.4. The molecule has 3 aromatic rings. The number of carbonyl (C=O) groups excluding carboxylic acids is 1. The third-order valence-electron chi connectivity index (χ3n) is 4.44. The summed E-state index contributed by atoms with van der Waals surface area (Å²) in [6.07, 6.45) is 1.78. The predicted octanol–water partition coefficient (Wildman–Crippen LogP) is 4.29. The van der Waals surface area contributed by atoms with Crippen molar-refractivity contribution < 1.29 is 9.18 Å². The maximum Gasteiger partial charge on any atom is 0.229 e. The Bertz CT molecular complexity index is 877. The highest BCUT2D eigenvalue weighted by atomic mass is 32.1. The van der Waals surface area contributed by atoms with Crippen LogP contribution in [0.3, 0.4) is 0 Å². The summed E-state index contributed by atoms with van der Waals surface area (Å²) in [5.41, 5.74) is 1.50. The Labute approximate surface area is 149 Å². The second-order valence-electron chi connectivity index (χ2n) is 6.25. The molecule has 0 spiro atoms. The minimum atomic E-state index is -0.349. The molecule has 2 heterocycles. The number of aromatic nitrogens is 1. The van der Waals surface area contributed by atoms with Crippen LogP contribution in [-0.2, 0) is 4.79 Å². The van der Waals surface area contributed by atoms with Crippen LogP contribution < -0.4 is 10.2 Å². The summed E-state index contributed by atoms with van der Waals surface area (Å²) in [6.45, 7) is 1.55. The summed E-state index contributed by atoms with van der Waals surface area (Å²) in [7, 11) is 0. The number of anilines is 2. The topological polar surface area (TPSA) is 45.2 Å². The van der Waals surface area contributed by atoms with E-state index in [1.165, 1.54) is 12.1 Å². The second kappa shape index (κ2) is 6.80. The van der Waals surface area contributed by atoms with Crippen LogP contribution in [0.1, 0.15) is 12.8 Å². The number of rotatable bonds is 3. The molecule has 1 saturated heterocycles. The fraction of sp³-hybridized carbons (Fsp3) is 0.263. The van der Waals surface area contributed by atoms with Gasteiger partial charge < -0.3 is 10.2 Å². The minimum absolute atomic E-state index is 0.0589. The lowest BCUT2D eigenvalue weighted by molar-refractivity contribution is -0.120. The normalized spacial score (nSPS) is 17.6. The van der Waals surface area contributed by atoms with Gasteiger partial charge in [-0.25, -0.2) is 9.37 Å². The number of nitrogens with one attached hydrogen (secondary N) is 1. The van der Waals surface area contributed by atoms with E-state index >= 15 is 0 Å². The molecule has 1 amide bonds. The second-order valence-corrected chi connectivity index (χ2v) is 7.26. The molecule has 0 bridgehead atoms. The van der Waals surface area contributed by atoms with Gasteiger partial charge in [0.05, 0.1) is 16.1 Å². The van der Waals surface area contributed by atoms with Crippen LogP contribution in [0.2, 0.25) is 0 Å². The Morgan fingerprint density at radius 1 is 1.24 bits per heavy atom. The molecule has 25 heavy (non-hydrogen) atoms. The summed E-state index contributed by atoms with van der Waals surface area (Å²) < 4.78 is 14.4. The minimum Gasteiger partial charge on any atom is -0.347 e. The van der Waals surface area contributed by atoms with Crippen LogP contribution in [-0.4, -0.2) is 24.0 Å². The van der Waals surface area contributed by atoms with Crippen molar-refractivity contribution in [1.29, 1.82) is 0 Å². The van der Waals surface area contributed by atoms with Gasteiger partial charge in [0.2, 0.25) is 5.91 Å². The smallest absolute Gasteiger partial charge is 0.229 e. The van der Waals surface area contributed by atoms with Crippen molar-refractivity contribution in [3.8, 4) is 0 Å². The summed E-state index contributed by atoms with van der Waals surface area (Å²) >= 11 is 1.66. The van der Waals surface area contributed by atoms with E-state index in [4.69, 9.17) is 0 Å². The molecular formula is C19H18FN3OS. The largest absolute Gasteiger partial charge is 0.347 e. The number of piperidine rings is 1. The first kappa shape index (κ1) is 16.0. The molecule has 4 rings (SSSR count). The van der Waals surface area contributed by atoms with Crippen LogP contribution in [0.4, 0.5) is 15.2 Å². The SMILES string of the molecule is O=C(Nc1cccc(F)c1)C1CCCN(c2nc3ccccc3s2)C1. The number of thiazole rings is 1. The lowest BCUT2D eigenvalue weighted by Gasteiger charge is -2.31. The fourth-order valence-electron chi connectivity index (χ4n) is 3.17. The Hall–Kier alpha value is -2.47. The quantitative estimate of drug-likeness (QED) is 0.762. The third-order valence-corrected chi connectivity index (χ3v) is 5.53. The zero-order valence-electron chi connectivity index (χ0n) is 13.6. The molecule has 128 valence electrons. The third kappa shape index (κ3) is 3.49. The Kier molecular flexibility index (Phi) is 4.36. The average Bonchev–Trinajstić information content (AvgIpc) is 3.06. The zero-order valence-corrected chi connectivity index (χ0v) is 14.4. The molecule has 0 radical (unpaired) electrons. The Balaban J connectivity index is 1.47. The number of carbonyl (C=O) groups is 1. The lowest BCUT2D eigenvalue weighted by atomic mass is 9.97. The van der Waals surface area contributed by atoms with Crippen molar-refractivity contribution in [2.45, 2.75) is 12.8 Å². The van der Waals surface area contributed by atoms with E-state index in [0.29, 0.717) is 12.2 Å². The van der Waals surface area contributed by atoms with E-state index in [1.54, 1.807) is 23.5 Å². The van der Waals surface area contributed by atoms with Gasteiger partial charge in [-0.05, 0) is 43.2 Å². The number of nitrogens with zero attached hydrogens (tertiary/aromatic N) is 2. The monoisotopic (exact) mass is 355 g/mol. The van der Waals surface area contributed by atoms with Crippen molar-refractivity contribution in [3.05, 3.63) is 54.3 Å². The van der Waals surface area contributed by atoms with Gasteiger partial charge in [-0.2, -0.15) is 0 Å². The molecule has 1 atom stereocenters. The van der Waals surface area contributed by atoms with Crippen molar-refractivity contribution >= 4 is 38.3 Å². The first-order chi connectivity index (χ1) is 12.2. The molecule has 1 aromatic heterocycles. The van der Waals surface area contributed by atoms with E-state index in [1.807, 2.05) is 18.2 Å². The maximum absolute atomic E-state index is 13.3. The van der Waals surface area contributed by atoms with Gasteiger partial charge in [-0.15, -0.1) is 0 Å². The van der Waals surface area contributed by atoms with Crippen LogP contribution in [0.15, 0.2) is 48.5 Å². The average molecular weight is 355 g/mol. The molecule has 1 aliphatic heterocycles. The van der Waals surface area contributed by atoms with Gasteiger partial charge in [-0.1, -0.05) is 29.5 Å². The van der Waals surface area contributed by atoms with E-state index < -0.39 is 0 Å². The van der Waals surface area contributed by atoms with Crippen molar-refractivity contribution in [2.75, 3.05) is 23.3 Å². The van der Waals surface area contributed by atoms with Gasteiger partial charge in [-0.3, -0.25) is 4.79 Å². The number of para-hydroxylation sites is 1. The fourth-order valence-corrected chi connectivity index (χ4v) is 4.17. The summed E-state index contributed by atoms with van der Waals surface area (Å²) in [6, 6.07) is 14.1. The van der Waals surface area contributed by atoms with Crippen molar-refractivity contribution in [3.63, 3.8) is 0 Å². The molecule has 0 saturated carbocycles. The molecule has 1 N–H and O–H groups in total. The van der Waals surface area contributed by atoms with Crippen LogP contribution in [0, 0.1) is 11.7 Å². The van der Waals surface area contributed by atoms with E-state index in [-0.39, 0.29) is 17.6 Å². The van der Waals surface area contributed by atoms with Crippen LogP contribution in [0.5, 0.6) is 0 Å². The first-order valence-corrected chi connectivity index (χ1v) is 9.18. The Morgan fingerprint density at radius 3 is 2.96 bits per heavy atom. The Morgan fingerprint density at radius 2 is 2.12 bits per heavy atom. The molecule has 1 unspecified atom stereocenters. The van der Waals surface area contributed by atoms with Crippen molar-refractivity contribution in [1.82, 2.24) is 4.98 Å². The van der Waals surface area contributed by atoms with Gasteiger partial charge in [0.15, 0.2) is 5.13 Å². The van der Waals surface area contributed by atoms with Gasteiger partial charge in [0.25, 0.3) is 0 Å². The molecule has 1 aliphatic rings. The van der Waals surface area contributed by atoms with Gasteiger partial charge in [0, 0.05) is 18.8 Å². The summed E-state index contributed by atoms with van der Waals surface area (Å²) in [5, 5.41) is 3.79. The highest BCUT2D eigenvalue weighted by Gasteiger charge is 2.27. The van der Waals surface area contributed by atoms with E-state index in [2.05, 4.69) is 21.3 Å². The van der Waals surface area contributed by atoms with Crippen molar-refractivity contribution in [2.24, 2.45) is 5.92 Å². The molecule has 2 aromatic carbocycles. The van der Waals surface area contributed by atoms with Crippen LogP contribution in [0.25, 0.3) is 10.2 Å². The molecular weight excluding hydrogens is 337 g/mol. The number of amides is 1. The highest BCUT2D eigenvalue weighted by molar-refractivity contribution is 7.22. The highest BCUT2D eigenvalue weighted by Crippen LogP contribution is 2.31. The number of halogens is 1. The standard InChI is InChI=1S/C19H18FN3OS/c20-14-6-3-7-15(11-14)21-18(24)13-5-4-10-23(12-13)19-22-16-8-1-2-9-17(16)25-19/h1-3,6-9,11,13H,4-5,10,12H2,(H,21,24). The maximum atomic E-state index is 13.3. The predicted molar refractivity (Wildman–Crippen MR) is 99.6 cm³/mol. The molecule has 0 aliphatic carbocycles. The van der Waals surface area contributed by atoms with E-state index in [0.717, 1.165) is 34.7 Å². The van der Waals surface area contributed by atoms with E-state index in [9.17, 15) is 9.18 Å². The molecule has 6 heteroatoms. The van der Waals surface area contributed by atoms with Crippen LogP contribution >= 0.6 is 11.3 Å². The molecule has 1 fully saturated rings. The van der Waals surface area contributed by atoms with Gasteiger partial charge in [0.1, 0.15) is 5.82 Å². The number of hydrogen-bond donors (Lipinski definition) is 1. The number of benzene rings is 2. The first-order valence-electron chi connectivity index (χ1n) is 8.36. The number of fused-ring (bicyclic) bond motifs is 1.